The van der Waals surface area contributed by atoms with E-state index in [0.717, 1.165) is 17.7 Å². The number of hydrogen-bond acceptors (Lipinski definition) is 4. The summed E-state index contributed by atoms with van der Waals surface area (Å²) in [5.41, 5.74) is 3.26. The molecule has 0 aromatic heterocycles. The van der Waals surface area contributed by atoms with Crippen molar-refractivity contribution in [3.05, 3.63) is 64.7 Å². The van der Waals surface area contributed by atoms with E-state index in [-0.39, 0.29) is 12.5 Å². The minimum absolute atomic E-state index is 0.199. The van der Waals surface area contributed by atoms with Crippen LogP contribution >= 0.6 is 0 Å². The zero-order valence-corrected chi connectivity index (χ0v) is 17.0. The molecule has 150 valence electrons. The van der Waals surface area contributed by atoms with Crippen molar-refractivity contribution in [2.24, 2.45) is 0 Å². The first-order valence-electron chi connectivity index (χ1n) is 9.83. The predicted molar refractivity (Wildman–Crippen MR) is 110 cm³/mol. The van der Waals surface area contributed by atoms with Crippen molar-refractivity contribution in [3.63, 3.8) is 0 Å². The molecular weight excluding hydrogens is 352 g/mol. The second-order valence-corrected chi connectivity index (χ2v) is 7.75. The standard InChI is InChI=1S/C23H30N2O3/c1-17-8-9-18(2)20(12-17)14-24-16-23(27)10-5-11-25(22(23)26)15-19-6-4-7-21(13-19)28-3/h4,6-9,12-13,24,27H,5,10-11,14-16H2,1-3H3/t23-/m1/s1. The number of carbonyl (C=O) groups excluding carboxylic acids is 1. The van der Waals surface area contributed by atoms with Gasteiger partial charge in [0.15, 0.2) is 5.60 Å². The Kier molecular flexibility index (Phi) is 6.37. The summed E-state index contributed by atoms with van der Waals surface area (Å²) in [5, 5.41) is 14.3. The van der Waals surface area contributed by atoms with Crippen LogP contribution < -0.4 is 10.1 Å². The summed E-state index contributed by atoms with van der Waals surface area (Å²) in [7, 11) is 1.63. The van der Waals surface area contributed by atoms with Gasteiger partial charge in [0.2, 0.25) is 0 Å². The van der Waals surface area contributed by atoms with E-state index in [9.17, 15) is 9.90 Å². The number of hydrogen-bond donors (Lipinski definition) is 2. The average molecular weight is 383 g/mol. The van der Waals surface area contributed by atoms with Gasteiger partial charge in [-0.15, -0.1) is 0 Å². The monoisotopic (exact) mass is 382 g/mol. The van der Waals surface area contributed by atoms with Gasteiger partial charge in [0.1, 0.15) is 5.75 Å². The maximum Gasteiger partial charge on any atom is 0.256 e. The highest BCUT2D eigenvalue weighted by atomic mass is 16.5. The van der Waals surface area contributed by atoms with Crippen molar-refractivity contribution < 1.29 is 14.6 Å². The molecule has 0 aliphatic carbocycles. The number of nitrogens with zero attached hydrogens (tertiary/aromatic N) is 1. The Morgan fingerprint density at radius 2 is 2.04 bits per heavy atom. The lowest BCUT2D eigenvalue weighted by molar-refractivity contribution is -0.157. The van der Waals surface area contributed by atoms with E-state index in [4.69, 9.17) is 4.74 Å². The zero-order chi connectivity index (χ0) is 20.1. The molecule has 0 saturated carbocycles. The van der Waals surface area contributed by atoms with E-state index in [2.05, 4.69) is 37.4 Å². The smallest absolute Gasteiger partial charge is 0.256 e. The van der Waals surface area contributed by atoms with Crippen molar-refractivity contribution in [1.29, 1.82) is 0 Å². The highest BCUT2D eigenvalue weighted by Crippen LogP contribution is 2.25. The molecule has 1 fully saturated rings. The maximum absolute atomic E-state index is 13.0. The number of amides is 1. The Morgan fingerprint density at radius 1 is 1.21 bits per heavy atom. The minimum atomic E-state index is -1.35. The summed E-state index contributed by atoms with van der Waals surface area (Å²) in [6.45, 7) is 6.18. The van der Waals surface area contributed by atoms with Crippen LogP contribution in [0.15, 0.2) is 42.5 Å². The molecule has 1 heterocycles. The average Bonchev–Trinajstić information content (AvgIpc) is 2.68. The number of benzene rings is 2. The van der Waals surface area contributed by atoms with E-state index in [1.165, 1.54) is 16.7 Å². The van der Waals surface area contributed by atoms with Crippen LogP contribution in [0.4, 0.5) is 0 Å². The van der Waals surface area contributed by atoms with Crippen LogP contribution in [0.25, 0.3) is 0 Å². The van der Waals surface area contributed by atoms with Crippen LogP contribution in [0.5, 0.6) is 5.75 Å². The lowest BCUT2D eigenvalue weighted by Gasteiger charge is -2.38. The Morgan fingerprint density at radius 3 is 2.82 bits per heavy atom. The van der Waals surface area contributed by atoms with Crippen molar-refractivity contribution in [1.82, 2.24) is 10.2 Å². The number of ether oxygens (including phenoxy) is 1. The molecular formula is C23H30N2O3. The summed E-state index contributed by atoms with van der Waals surface area (Å²) in [4.78, 5) is 14.7. The first-order valence-corrected chi connectivity index (χ1v) is 9.83. The molecule has 28 heavy (non-hydrogen) atoms. The van der Waals surface area contributed by atoms with Crippen LogP contribution in [0.3, 0.4) is 0 Å². The van der Waals surface area contributed by atoms with Crippen LogP contribution in [0, 0.1) is 13.8 Å². The molecule has 1 atom stereocenters. The molecule has 0 unspecified atom stereocenters. The SMILES string of the molecule is COc1cccc(CN2CCC[C@@](O)(CNCc3cc(C)ccc3C)C2=O)c1. The Bertz CT molecular complexity index is 836. The number of methoxy groups -OCH3 is 1. The van der Waals surface area contributed by atoms with Crippen LogP contribution in [0.1, 0.15) is 35.1 Å². The number of piperidine rings is 1. The van der Waals surface area contributed by atoms with Crippen LogP contribution in [-0.4, -0.2) is 41.7 Å². The Labute approximate surface area is 167 Å². The third-order valence-electron chi connectivity index (χ3n) is 5.45. The molecule has 3 rings (SSSR count). The van der Waals surface area contributed by atoms with Gasteiger partial charge in [0.05, 0.1) is 7.11 Å². The topological polar surface area (TPSA) is 61.8 Å². The highest BCUT2D eigenvalue weighted by Gasteiger charge is 2.41. The van der Waals surface area contributed by atoms with Gasteiger partial charge in [-0.2, -0.15) is 0 Å². The molecule has 2 N–H and O–H groups in total. The van der Waals surface area contributed by atoms with Crippen molar-refractivity contribution >= 4 is 5.91 Å². The molecule has 0 bridgehead atoms. The molecule has 5 heteroatoms. The minimum Gasteiger partial charge on any atom is -0.497 e. The molecule has 0 spiro atoms. The number of aryl methyl sites for hydroxylation is 2. The summed E-state index contributed by atoms with van der Waals surface area (Å²) < 4.78 is 5.26. The Balaban J connectivity index is 1.62. The molecule has 5 nitrogen and oxygen atoms in total. The largest absolute Gasteiger partial charge is 0.497 e. The van der Waals surface area contributed by atoms with Gasteiger partial charge in [-0.1, -0.05) is 35.9 Å². The van der Waals surface area contributed by atoms with Gasteiger partial charge in [-0.25, -0.2) is 0 Å². The molecule has 0 radical (unpaired) electrons. The molecule has 2 aromatic carbocycles. The summed E-state index contributed by atoms with van der Waals surface area (Å²) in [6, 6.07) is 14.0. The second kappa shape index (κ2) is 8.76. The maximum atomic E-state index is 13.0. The van der Waals surface area contributed by atoms with Gasteiger partial charge in [0, 0.05) is 26.2 Å². The van der Waals surface area contributed by atoms with Crippen LogP contribution in [0.2, 0.25) is 0 Å². The van der Waals surface area contributed by atoms with Crippen molar-refractivity contribution in [3.8, 4) is 5.75 Å². The highest BCUT2D eigenvalue weighted by molar-refractivity contribution is 5.86. The quantitative estimate of drug-likeness (QED) is 0.773. The van der Waals surface area contributed by atoms with Gasteiger partial charge < -0.3 is 20.1 Å². The summed E-state index contributed by atoms with van der Waals surface area (Å²) in [6.07, 6.45) is 1.28. The number of likely N-dealkylation sites (tertiary alicyclic amines) is 1. The van der Waals surface area contributed by atoms with E-state index >= 15 is 0 Å². The van der Waals surface area contributed by atoms with Gasteiger partial charge >= 0.3 is 0 Å². The molecule has 2 aromatic rings. The fraction of sp³-hybridized carbons (Fsp3) is 0.435. The number of nitrogens with one attached hydrogen (secondary N) is 1. The lowest BCUT2D eigenvalue weighted by Crippen LogP contribution is -2.57. The molecule has 1 saturated heterocycles. The Hall–Kier alpha value is -2.37. The van der Waals surface area contributed by atoms with Crippen molar-refractivity contribution in [2.75, 3.05) is 20.2 Å². The van der Waals surface area contributed by atoms with Gasteiger partial charge in [0.25, 0.3) is 5.91 Å². The lowest BCUT2D eigenvalue weighted by atomic mass is 9.91. The zero-order valence-electron chi connectivity index (χ0n) is 17.0. The second-order valence-electron chi connectivity index (χ2n) is 7.75. The molecule has 1 aliphatic heterocycles. The first-order chi connectivity index (χ1) is 13.4. The third kappa shape index (κ3) is 4.72. The summed E-state index contributed by atoms with van der Waals surface area (Å²) >= 11 is 0. The van der Waals surface area contributed by atoms with Crippen molar-refractivity contribution in [2.45, 2.75) is 45.4 Å². The fourth-order valence-corrected chi connectivity index (χ4v) is 3.77. The predicted octanol–water partition coefficient (Wildman–Crippen LogP) is 2.96. The van der Waals surface area contributed by atoms with E-state index in [1.54, 1.807) is 12.0 Å². The molecule has 1 aliphatic rings. The van der Waals surface area contributed by atoms with Gasteiger partial charge in [-0.3, -0.25) is 4.79 Å². The van der Waals surface area contributed by atoms with E-state index < -0.39 is 5.60 Å². The van der Waals surface area contributed by atoms with Crippen LogP contribution in [-0.2, 0) is 17.9 Å². The van der Waals surface area contributed by atoms with E-state index in [0.29, 0.717) is 26.1 Å². The normalized spacial score (nSPS) is 19.7. The third-order valence-corrected chi connectivity index (χ3v) is 5.45. The number of carbonyl (C=O) groups is 1. The van der Waals surface area contributed by atoms with E-state index in [1.807, 2.05) is 24.3 Å². The number of aliphatic hydroxyl groups is 1. The molecule has 1 amide bonds. The fourth-order valence-electron chi connectivity index (χ4n) is 3.77. The first kappa shape index (κ1) is 20.4. The number of rotatable bonds is 7. The van der Waals surface area contributed by atoms with Gasteiger partial charge in [-0.05, 0) is 55.5 Å². The summed E-state index contributed by atoms with van der Waals surface area (Å²) in [5.74, 6) is 0.572.